The summed E-state index contributed by atoms with van der Waals surface area (Å²) in [6.07, 6.45) is 0.141. The molecular weight excluding hydrogens is 622 g/mol. The van der Waals surface area contributed by atoms with Gasteiger partial charge in [-0.1, -0.05) is 18.5 Å². The number of methoxy groups -OCH3 is 5. The van der Waals surface area contributed by atoms with Crippen molar-refractivity contribution in [1.82, 2.24) is 9.13 Å². The topological polar surface area (TPSA) is 146 Å². The summed E-state index contributed by atoms with van der Waals surface area (Å²) in [4.78, 5) is 56.5. The molecule has 13 nitrogen and oxygen atoms in total. The third-order valence-corrected chi connectivity index (χ3v) is 9.45. The van der Waals surface area contributed by atoms with Crippen molar-refractivity contribution < 1.29 is 38.0 Å². The predicted molar refractivity (Wildman–Crippen MR) is 167 cm³/mol. The Morgan fingerprint density at radius 1 is 0.848 bits per heavy atom. The quantitative estimate of drug-likeness (QED) is 0.392. The van der Waals surface area contributed by atoms with Gasteiger partial charge in [0.2, 0.25) is 22.9 Å². The van der Waals surface area contributed by atoms with Crippen LogP contribution in [-0.2, 0) is 18.9 Å². The van der Waals surface area contributed by atoms with Crippen molar-refractivity contribution in [2.45, 2.75) is 24.9 Å². The van der Waals surface area contributed by atoms with Crippen LogP contribution in [0.1, 0.15) is 40.7 Å². The number of aromatic nitrogens is 2. The van der Waals surface area contributed by atoms with E-state index < -0.39 is 40.3 Å². The number of fused-ring (bicyclic) bond motifs is 2. The molecule has 3 aromatic rings. The third kappa shape index (κ3) is 3.93. The van der Waals surface area contributed by atoms with Gasteiger partial charge in [-0.2, -0.15) is 0 Å². The molecule has 0 saturated heterocycles. The molecule has 1 unspecified atom stereocenters. The Morgan fingerprint density at radius 3 is 2.02 bits per heavy atom. The van der Waals surface area contributed by atoms with Crippen LogP contribution in [0.25, 0.3) is 0 Å². The van der Waals surface area contributed by atoms with E-state index in [0.29, 0.717) is 17.0 Å². The summed E-state index contributed by atoms with van der Waals surface area (Å²) < 4.78 is 36.3. The molecule has 1 spiro atoms. The minimum atomic E-state index is -2.05. The van der Waals surface area contributed by atoms with E-state index in [0.717, 1.165) is 4.57 Å². The predicted octanol–water partition coefficient (Wildman–Crippen LogP) is 3.21. The van der Waals surface area contributed by atoms with Crippen molar-refractivity contribution in [2.24, 2.45) is 20.0 Å². The molecule has 0 saturated carbocycles. The third-order valence-electron chi connectivity index (χ3n) is 9.10. The molecule has 14 heteroatoms. The van der Waals surface area contributed by atoms with Crippen LogP contribution in [0.3, 0.4) is 0 Å². The normalized spacial score (nSPS) is 21.2. The zero-order valence-electron chi connectivity index (χ0n) is 26.4. The molecule has 242 valence electrons. The molecular formula is C32H32ClN3O10. The van der Waals surface area contributed by atoms with Gasteiger partial charge in [-0.25, -0.2) is 4.79 Å². The second-order valence-corrected chi connectivity index (χ2v) is 11.7. The van der Waals surface area contributed by atoms with Crippen molar-refractivity contribution in [1.29, 1.82) is 0 Å². The van der Waals surface area contributed by atoms with Gasteiger partial charge < -0.3 is 33.7 Å². The summed E-state index contributed by atoms with van der Waals surface area (Å²) in [5.74, 6) is -1.74. The van der Waals surface area contributed by atoms with E-state index in [1.54, 1.807) is 19.1 Å². The van der Waals surface area contributed by atoms with E-state index in [4.69, 9.17) is 40.0 Å². The van der Waals surface area contributed by atoms with Gasteiger partial charge in [0.15, 0.2) is 17.2 Å². The summed E-state index contributed by atoms with van der Waals surface area (Å²) in [5.41, 5.74) is -2.16. The Labute approximate surface area is 268 Å². The summed E-state index contributed by atoms with van der Waals surface area (Å²) >= 11 is 6.63. The first-order chi connectivity index (χ1) is 21.9. The first-order valence-corrected chi connectivity index (χ1v) is 14.6. The second kappa shape index (κ2) is 10.9. The maximum absolute atomic E-state index is 15.1. The highest BCUT2D eigenvalue weighted by molar-refractivity contribution is 6.36. The van der Waals surface area contributed by atoms with E-state index in [-0.39, 0.29) is 62.7 Å². The zero-order chi connectivity index (χ0) is 33.4. The number of ether oxygens (including phenoxy) is 6. The van der Waals surface area contributed by atoms with E-state index in [2.05, 4.69) is 5.32 Å². The standard InChI is InChI=1S/C32H32ClN3O10/c1-13-9-15-21(27(37)32(13)28(38)22-16(41-4)12-17(42-5)24(33)26(22)46-32)20(14-10-18(43-6)25(45-8)19(11-14)44-7)23-29(34-15)35(2)31(40)36(3)30(23)39/h10-13,20,34H,9H2,1-8H3/t13-,20?,32+/m1/s1. The van der Waals surface area contributed by atoms with Crippen molar-refractivity contribution in [2.75, 3.05) is 40.9 Å². The van der Waals surface area contributed by atoms with Crippen molar-refractivity contribution in [3.8, 4) is 34.5 Å². The molecule has 3 atom stereocenters. The van der Waals surface area contributed by atoms with Gasteiger partial charge in [-0.05, 0) is 24.1 Å². The number of halogens is 1. The van der Waals surface area contributed by atoms with Gasteiger partial charge in [0.1, 0.15) is 27.9 Å². The second-order valence-electron chi connectivity index (χ2n) is 11.3. The van der Waals surface area contributed by atoms with E-state index in [1.165, 1.54) is 60.3 Å². The number of allylic oxidation sites excluding steroid dienone is 1. The summed E-state index contributed by atoms with van der Waals surface area (Å²) in [6, 6.07) is 4.72. The van der Waals surface area contributed by atoms with Crippen LogP contribution >= 0.6 is 11.6 Å². The number of Topliss-reactive ketones (excluding diaryl/α,β-unsaturated/α-hetero) is 2. The lowest BCUT2D eigenvalue weighted by atomic mass is 9.66. The lowest BCUT2D eigenvalue weighted by Crippen LogP contribution is -2.58. The number of benzene rings is 2. The van der Waals surface area contributed by atoms with E-state index in [9.17, 15) is 14.4 Å². The number of hydrogen-bond donors (Lipinski definition) is 1. The van der Waals surface area contributed by atoms with Crippen LogP contribution in [0.4, 0.5) is 5.82 Å². The molecule has 0 amide bonds. The van der Waals surface area contributed by atoms with Crippen molar-refractivity contribution in [3.05, 3.63) is 72.0 Å². The van der Waals surface area contributed by atoms with Crippen molar-refractivity contribution >= 4 is 29.0 Å². The molecule has 46 heavy (non-hydrogen) atoms. The van der Waals surface area contributed by atoms with Crippen LogP contribution < -0.4 is 45.0 Å². The molecule has 1 N–H and O–H groups in total. The number of nitrogens with zero attached hydrogens (tertiary/aromatic N) is 2. The lowest BCUT2D eigenvalue weighted by Gasteiger charge is -2.42. The maximum Gasteiger partial charge on any atom is 0.332 e. The SMILES string of the molecule is COc1cc(OC)c2c(c1Cl)O[C@@]1(C(=O)C3=C(C[C@H]1C)Nc1c(c(=O)n(C)c(=O)n1C)C3c1cc(OC)c(OC)c(OC)c1)C2=O. The molecule has 6 rings (SSSR count). The first-order valence-electron chi connectivity index (χ1n) is 14.2. The molecule has 1 aromatic heterocycles. The summed E-state index contributed by atoms with van der Waals surface area (Å²) in [5, 5.41) is 3.21. The number of hydrogen-bond acceptors (Lipinski definition) is 11. The Kier molecular flexibility index (Phi) is 7.34. The monoisotopic (exact) mass is 653 g/mol. The lowest BCUT2D eigenvalue weighted by molar-refractivity contribution is -0.130. The van der Waals surface area contributed by atoms with Crippen LogP contribution in [0, 0.1) is 5.92 Å². The number of ketones is 2. The fourth-order valence-electron chi connectivity index (χ4n) is 6.79. The molecule has 0 bridgehead atoms. The molecule has 2 aliphatic heterocycles. The van der Waals surface area contributed by atoms with Gasteiger partial charge in [-0.15, -0.1) is 0 Å². The van der Waals surface area contributed by atoms with Crippen LogP contribution in [0.5, 0.6) is 34.5 Å². The number of rotatable bonds is 6. The van der Waals surface area contributed by atoms with Crippen LogP contribution in [0.2, 0.25) is 5.02 Å². The largest absolute Gasteiger partial charge is 0.496 e. The highest BCUT2D eigenvalue weighted by Gasteiger charge is 2.64. The minimum absolute atomic E-state index is 0.0143. The molecule has 2 aromatic carbocycles. The van der Waals surface area contributed by atoms with Crippen LogP contribution in [-0.4, -0.2) is 61.9 Å². The van der Waals surface area contributed by atoms with Gasteiger partial charge >= 0.3 is 5.69 Å². The Morgan fingerprint density at radius 2 is 1.46 bits per heavy atom. The molecule has 1 aliphatic carbocycles. The Hall–Kier alpha value is -4.91. The van der Waals surface area contributed by atoms with Gasteiger partial charge in [0, 0.05) is 43.3 Å². The first kappa shape index (κ1) is 31.1. The summed E-state index contributed by atoms with van der Waals surface area (Å²) in [6.45, 7) is 1.72. The van der Waals surface area contributed by atoms with Gasteiger partial charge in [-0.3, -0.25) is 23.5 Å². The highest BCUT2D eigenvalue weighted by atomic mass is 35.5. The number of carbonyl (C=O) groups excluding carboxylic acids is 2. The Bertz CT molecular complexity index is 1990. The average molecular weight is 654 g/mol. The zero-order valence-corrected chi connectivity index (χ0v) is 27.2. The van der Waals surface area contributed by atoms with Gasteiger partial charge in [0.25, 0.3) is 5.56 Å². The fourth-order valence-corrected chi connectivity index (χ4v) is 7.05. The molecule has 0 fully saturated rings. The number of carbonyl (C=O) groups is 2. The van der Waals surface area contributed by atoms with E-state index >= 15 is 4.79 Å². The molecule has 3 heterocycles. The maximum atomic E-state index is 15.1. The smallest absolute Gasteiger partial charge is 0.332 e. The molecule has 3 aliphatic rings. The Balaban J connectivity index is 1.65. The van der Waals surface area contributed by atoms with Crippen LogP contribution in [0.15, 0.2) is 39.1 Å². The minimum Gasteiger partial charge on any atom is -0.496 e. The molecule has 0 radical (unpaired) electrons. The average Bonchev–Trinajstić information content (AvgIpc) is 3.38. The van der Waals surface area contributed by atoms with Crippen molar-refractivity contribution in [3.63, 3.8) is 0 Å². The summed E-state index contributed by atoms with van der Waals surface area (Å²) in [7, 11) is 10.0. The fraction of sp³-hybridized carbons (Fsp3) is 0.375. The highest BCUT2D eigenvalue weighted by Crippen LogP contribution is 2.57. The number of anilines is 1. The number of nitrogens with one attached hydrogen (secondary N) is 1. The van der Waals surface area contributed by atoms with E-state index in [1.807, 2.05) is 0 Å². The van der Waals surface area contributed by atoms with Gasteiger partial charge in [0.05, 0.1) is 41.1 Å².